The van der Waals surface area contributed by atoms with E-state index in [0.29, 0.717) is 18.1 Å². The number of benzene rings is 2. The lowest BCUT2D eigenvalue weighted by Crippen LogP contribution is -2.32. The Labute approximate surface area is 165 Å². The van der Waals surface area contributed by atoms with Crippen molar-refractivity contribution in [2.24, 2.45) is 0 Å². The van der Waals surface area contributed by atoms with Crippen molar-refractivity contribution in [3.05, 3.63) is 80.2 Å². The van der Waals surface area contributed by atoms with Crippen LogP contribution in [0, 0.1) is 6.92 Å². The quantitative estimate of drug-likeness (QED) is 0.610. The predicted molar refractivity (Wildman–Crippen MR) is 108 cm³/mol. The molecule has 0 radical (unpaired) electrons. The number of rotatable bonds is 6. The summed E-state index contributed by atoms with van der Waals surface area (Å²) in [5.41, 5.74) is 2.98. The van der Waals surface area contributed by atoms with E-state index in [4.69, 9.17) is 0 Å². The van der Waals surface area contributed by atoms with E-state index in [1.807, 2.05) is 47.5 Å². The lowest BCUT2D eigenvalue weighted by atomic mass is 10.1. The summed E-state index contributed by atoms with van der Waals surface area (Å²) in [7, 11) is 0. The molecule has 1 amide bonds. The van der Waals surface area contributed by atoms with E-state index in [0.717, 1.165) is 27.7 Å². The Bertz CT molecular complexity index is 893. The van der Waals surface area contributed by atoms with E-state index >= 15 is 0 Å². The molecule has 0 atom stereocenters. The van der Waals surface area contributed by atoms with Gasteiger partial charge in [-0.3, -0.25) is 4.79 Å². The summed E-state index contributed by atoms with van der Waals surface area (Å²) in [6.07, 6.45) is 0.746. The van der Waals surface area contributed by atoms with E-state index in [2.05, 4.69) is 27.0 Å². The summed E-state index contributed by atoms with van der Waals surface area (Å²) < 4.78 is 1.04. The lowest BCUT2D eigenvalue weighted by Gasteiger charge is -2.22. The van der Waals surface area contributed by atoms with Gasteiger partial charge in [0.05, 0.1) is 0 Å². The molecular formula is C20H19BrN2O2S. The number of halogens is 1. The smallest absolute Gasteiger partial charge is 0.283 e. The third-order valence-electron chi connectivity index (χ3n) is 4.01. The number of phenols is 1. The third-order valence-corrected chi connectivity index (χ3v) is 5.73. The maximum Gasteiger partial charge on any atom is 0.283 e. The highest BCUT2D eigenvalue weighted by atomic mass is 79.9. The normalized spacial score (nSPS) is 10.7. The summed E-state index contributed by atoms with van der Waals surface area (Å²) in [6, 6.07) is 15.0. The number of nitrogens with zero attached hydrogens (tertiary/aromatic N) is 2. The average molecular weight is 431 g/mol. The second-order valence-electron chi connectivity index (χ2n) is 6.03. The summed E-state index contributed by atoms with van der Waals surface area (Å²) in [5.74, 6) is 0.151. The molecule has 0 bridgehead atoms. The molecule has 26 heavy (non-hydrogen) atoms. The fraction of sp³-hybridized carbons (Fsp3) is 0.200. The minimum atomic E-state index is -0.0665. The number of carbonyl (C=O) groups is 1. The number of thiazole rings is 1. The Hall–Kier alpha value is -2.18. The predicted octanol–water partition coefficient (Wildman–Crippen LogP) is 4.80. The maximum absolute atomic E-state index is 12.9. The highest BCUT2D eigenvalue weighted by Gasteiger charge is 2.19. The molecular weight excluding hydrogens is 412 g/mol. The molecule has 0 aliphatic carbocycles. The van der Waals surface area contributed by atoms with Crippen LogP contribution in [0.5, 0.6) is 5.75 Å². The molecule has 3 aromatic rings. The van der Waals surface area contributed by atoms with E-state index in [9.17, 15) is 9.90 Å². The molecule has 2 aromatic carbocycles. The van der Waals surface area contributed by atoms with Crippen LogP contribution in [0.15, 0.2) is 58.4 Å². The molecule has 0 fully saturated rings. The van der Waals surface area contributed by atoms with Gasteiger partial charge in [0.1, 0.15) is 5.75 Å². The molecule has 1 aromatic heterocycles. The molecule has 0 saturated heterocycles. The first-order valence-electron chi connectivity index (χ1n) is 8.25. The number of amides is 1. The first kappa shape index (κ1) is 18.6. The zero-order chi connectivity index (χ0) is 18.5. The third kappa shape index (κ3) is 4.71. The van der Waals surface area contributed by atoms with Gasteiger partial charge in [0, 0.05) is 28.6 Å². The number of aryl methyl sites for hydroxylation is 1. The van der Waals surface area contributed by atoms with Crippen molar-refractivity contribution >= 4 is 33.2 Å². The second-order valence-corrected chi connectivity index (χ2v) is 7.74. The maximum atomic E-state index is 12.9. The standard InChI is InChI=1S/C20H19BrN2O2S/c1-14-13-26-19(22-14)20(25)23(12-15-6-8-17(24)9-7-15)11-10-16-4-2-3-5-18(16)21/h2-9,13,24H,10-12H2,1H3. The number of hydrogen-bond acceptors (Lipinski definition) is 4. The van der Waals surface area contributed by atoms with Crippen LogP contribution in [-0.4, -0.2) is 27.4 Å². The Morgan fingerprint density at radius 2 is 1.92 bits per heavy atom. The molecule has 1 N–H and O–H groups in total. The molecule has 0 aliphatic rings. The van der Waals surface area contributed by atoms with Crippen LogP contribution in [-0.2, 0) is 13.0 Å². The van der Waals surface area contributed by atoms with Gasteiger partial charge in [-0.15, -0.1) is 11.3 Å². The number of carbonyl (C=O) groups excluding carboxylic acids is 1. The van der Waals surface area contributed by atoms with Crippen molar-refractivity contribution in [1.29, 1.82) is 0 Å². The van der Waals surface area contributed by atoms with Crippen LogP contribution in [0.3, 0.4) is 0 Å². The monoisotopic (exact) mass is 430 g/mol. The highest BCUT2D eigenvalue weighted by molar-refractivity contribution is 9.10. The minimum Gasteiger partial charge on any atom is -0.508 e. The Morgan fingerprint density at radius 3 is 2.58 bits per heavy atom. The van der Waals surface area contributed by atoms with Crippen molar-refractivity contribution in [2.75, 3.05) is 6.54 Å². The molecule has 0 unspecified atom stereocenters. The van der Waals surface area contributed by atoms with E-state index < -0.39 is 0 Å². The van der Waals surface area contributed by atoms with E-state index in [1.54, 1.807) is 12.1 Å². The fourth-order valence-corrected chi connectivity index (χ4v) is 3.86. The molecule has 6 heteroatoms. The van der Waals surface area contributed by atoms with Gasteiger partial charge in [-0.1, -0.05) is 46.3 Å². The number of aromatic nitrogens is 1. The van der Waals surface area contributed by atoms with Gasteiger partial charge in [0.15, 0.2) is 5.01 Å². The summed E-state index contributed by atoms with van der Waals surface area (Å²) in [6.45, 7) is 2.95. The van der Waals surface area contributed by atoms with Gasteiger partial charge in [0.25, 0.3) is 5.91 Å². The number of aromatic hydroxyl groups is 1. The second kappa shape index (κ2) is 8.47. The fourth-order valence-electron chi connectivity index (χ4n) is 2.62. The zero-order valence-corrected chi connectivity index (χ0v) is 16.8. The van der Waals surface area contributed by atoms with E-state index in [1.165, 1.54) is 11.3 Å². The summed E-state index contributed by atoms with van der Waals surface area (Å²) >= 11 is 4.94. The van der Waals surface area contributed by atoms with Crippen LogP contribution < -0.4 is 0 Å². The summed E-state index contributed by atoms with van der Waals surface area (Å²) in [5, 5.41) is 11.9. The van der Waals surface area contributed by atoms with Crippen molar-refractivity contribution in [3.63, 3.8) is 0 Å². The van der Waals surface area contributed by atoms with Crippen LogP contribution in [0.4, 0.5) is 0 Å². The SMILES string of the molecule is Cc1csc(C(=O)N(CCc2ccccc2Br)Cc2ccc(O)cc2)n1. The van der Waals surface area contributed by atoms with Crippen LogP contribution in [0.25, 0.3) is 0 Å². The van der Waals surface area contributed by atoms with Crippen molar-refractivity contribution < 1.29 is 9.90 Å². The van der Waals surface area contributed by atoms with Crippen molar-refractivity contribution in [2.45, 2.75) is 19.9 Å². The molecule has 4 nitrogen and oxygen atoms in total. The van der Waals surface area contributed by atoms with E-state index in [-0.39, 0.29) is 11.7 Å². The summed E-state index contributed by atoms with van der Waals surface area (Å²) in [4.78, 5) is 19.1. The number of phenolic OH excluding ortho intramolecular Hbond substituents is 1. The minimum absolute atomic E-state index is 0.0665. The van der Waals surface area contributed by atoms with Gasteiger partial charge in [-0.2, -0.15) is 0 Å². The van der Waals surface area contributed by atoms with Crippen LogP contribution >= 0.6 is 27.3 Å². The lowest BCUT2D eigenvalue weighted by molar-refractivity contribution is 0.0744. The molecule has 0 saturated carbocycles. The molecule has 0 spiro atoms. The first-order valence-corrected chi connectivity index (χ1v) is 9.93. The van der Waals surface area contributed by atoms with Crippen LogP contribution in [0.2, 0.25) is 0 Å². The average Bonchev–Trinajstić information content (AvgIpc) is 3.07. The first-order chi connectivity index (χ1) is 12.5. The van der Waals surface area contributed by atoms with Crippen LogP contribution in [0.1, 0.15) is 26.6 Å². The molecule has 0 aliphatic heterocycles. The van der Waals surface area contributed by atoms with Gasteiger partial charge < -0.3 is 10.0 Å². The molecule has 3 rings (SSSR count). The Kier molecular flexibility index (Phi) is 6.06. The van der Waals surface area contributed by atoms with Gasteiger partial charge in [0.2, 0.25) is 0 Å². The highest BCUT2D eigenvalue weighted by Crippen LogP contribution is 2.20. The van der Waals surface area contributed by atoms with Gasteiger partial charge in [-0.25, -0.2) is 4.98 Å². The molecule has 134 valence electrons. The van der Waals surface area contributed by atoms with Crippen molar-refractivity contribution in [1.82, 2.24) is 9.88 Å². The van der Waals surface area contributed by atoms with Crippen molar-refractivity contribution in [3.8, 4) is 5.75 Å². The topological polar surface area (TPSA) is 53.4 Å². The Balaban J connectivity index is 1.79. The number of hydrogen-bond donors (Lipinski definition) is 1. The largest absolute Gasteiger partial charge is 0.508 e. The van der Waals surface area contributed by atoms with Gasteiger partial charge in [-0.05, 0) is 42.7 Å². The Morgan fingerprint density at radius 1 is 1.19 bits per heavy atom. The van der Waals surface area contributed by atoms with Gasteiger partial charge >= 0.3 is 0 Å². The molecule has 1 heterocycles. The zero-order valence-electron chi connectivity index (χ0n) is 14.4.